The van der Waals surface area contributed by atoms with Crippen molar-refractivity contribution in [3.8, 4) is 0 Å². The van der Waals surface area contributed by atoms with Gasteiger partial charge >= 0.3 is 0 Å². The lowest BCUT2D eigenvalue weighted by molar-refractivity contribution is 0.112. The SMILES string of the molecule is O=Cc1ccc2[nH]c(=S)sc2c1. The molecular weight excluding hydrogens is 190 g/mol. The van der Waals surface area contributed by atoms with Crippen LogP contribution in [0.25, 0.3) is 10.2 Å². The van der Waals surface area contributed by atoms with Crippen molar-refractivity contribution in [2.24, 2.45) is 0 Å². The number of rotatable bonds is 1. The highest BCUT2D eigenvalue weighted by molar-refractivity contribution is 7.73. The molecule has 0 aliphatic heterocycles. The molecule has 0 bridgehead atoms. The lowest BCUT2D eigenvalue weighted by Gasteiger charge is -1.88. The molecule has 0 aliphatic rings. The van der Waals surface area contributed by atoms with E-state index in [-0.39, 0.29) is 0 Å². The van der Waals surface area contributed by atoms with E-state index in [0.29, 0.717) is 5.56 Å². The van der Waals surface area contributed by atoms with Gasteiger partial charge in [-0.25, -0.2) is 0 Å². The van der Waals surface area contributed by atoms with Crippen LogP contribution in [-0.2, 0) is 0 Å². The molecule has 0 saturated heterocycles. The van der Waals surface area contributed by atoms with Crippen LogP contribution < -0.4 is 0 Å². The van der Waals surface area contributed by atoms with Crippen LogP contribution in [0.3, 0.4) is 0 Å². The first-order chi connectivity index (χ1) is 5.79. The van der Waals surface area contributed by atoms with Gasteiger partial charge in [0.25, 0.3) is 0 Å². The summed E-state index contributed by atoms with van der Waals surface area (Å²) in [5, 5.41) is 0. The van der Waals surface area contributed by atoms with E-state index < -0.39 is 0 Å². The molecule has 0 aliphatic carbocycles. The minimum atomic E-state index is 0.688. The fraction of sp³-hybridized carbons (Fsp3) is 0. The number of aromatic amines is 1. The topological polar surface area (TPSA) is 32.9 Å². The Balaban J connectivity index is 2.82. The first kappa shape index (κ1) is 7.64. The standard InChI is InChI=1S/C8H5NOS2/c10-4-5-1-2-6-7(3-5)12-8(11)9-6/h1-4H,(H,9,11). The molecule has 1 N–H and O–H groups in total. The molecule has 12 heavy (non-hydrogen) atoms. The molecule has 1 heterocycles. The molecule has 2 nitrogen and oxygen atoms in total. The van der Waals surface area contributed by atoms with Crippen molar-refractivity contribution in [1.82, 2.24) is 4.98 Å². The van der Waals surface area contributed by atoms with E-state index in [1.807, 2.05) is 12.1 Å². The zero-order chi connectivity index (χ0) is 8.55. The second-order valence-corrected chi connectivity index (χ2v) is 4.11. The van der Waals surface area contributed by atoms with Crippen LogP contribution in [0.15, 0.2) is 18.2 Å². The van der Waals surface area contributed by atoms with E-state index >= 15 is 0 Å². The highest BCUT2D eigenvalue weighted by Gasteiger charge is 1.97. The van der Waals surface area contributed by atoms with Crippen molar-refractivity contribution >= 4 is 40.1 Å². The predicted molar refractivity (Wildman–Crippen MR) is 52.4 cm³/mol. The number of fused-ring (bicyclic) bond motifs is 1. The van der Waals surface area contributed by atoms with Crippen LogP contribution in [0, 0.1) is 3.95 Å². The van der Waals surface area contributed by atoms with Crippen LogP contribution in [0.4, 0.5) is 0 Å². The highest BCUT2D eigenvalue weighted by atomic mass is 32.1. The summed E-state index contributed by atoms with van der Waals surface area (Å²) in [6, 6.07) is 5.47. The molecule has 0 fully saturated rings. The van der Waals surface area contributed by atoms with Crippen molar-refractivity contribution in [3.63, 3.8) is 0 Å². The lowest BCUT2D eigenvalue weighted by Crippen LogP contribution is -1.76. The van der Waals surface area contributed by atoms with Crippen molar-refractivity contribution < 1.29 is 4.79 Å². The summed E-state index contributed by atoms with van der Waals surface area (Å²) in [6.45, 7) is 0. The minimum absolute atomic E-state index is 0.688. The van der Waals surface area contributed by atoms with E-state index in [9.17, 15) is 4.79 Å². The first-order valence-electron chi connectivity index (χ1n) is 3.37. The van der Waals surface area contributed by atoms with Crippen LogP contribution in [0.2, 0.25) is 0 Å². The number of hydrogen-bond acceptors (Lipinski definition) is 3. The van der Waals surface area contributed by atoms with Gasteiger partial charge in [0, 0.05) is 5.56 Å². The predicted octanol–water partition coefficient (Wildman–Crippen LogP) is 2.77. The maximum absolute atomic E-state index is 10.4. The molecule has 0 radical (unpaired) electrons. The lowest BCUT2D eigenvalue weighted by atomic mass is 10.2. The number of carbonyl (C=O) groups excluding carboxylic acids is 1. The van der Waals surface area contributed by atoms with Crippen molar-refractivity contribution in [2.45, 2.75) is 0 Å². The number of carbonyl (C=O) groups is 1. The van der Waals surface area contributed by atoms with Gasteiger partial charge in [-0.15, -0.1) is 11.3 Å². The Morgan fingerprint density at radius 1 is 1.50 bits per heavy atom. The molecule has 0 atom stereocenters. The summed E-state index contributed by atoms with van der Waals surface area (Å²) in [5.74, 6) is 0. The second-order valence-electron chi connectivity index (χ2n) is 2.39. The van der Waals surface area contributed by atoms with E-state index in [1.165, 1.54) is 11.3 Å². The van der Waals surface area contributed by atoms with E-state index in [2.05, 4.69) is 4.98 Å². The Bertz CT molecular complexity index is 483. The van der Waals surface area contributed by atoms with Gasteiger partial charge in [-0.1, -0.05) is 0 Å². The number of thiazole rings is 1. The van der Waals surface area contributed by atoms with Gasteiger partial charge in [0.1, 0.15) is 6.29 Å². The van der Waals surface area contributed by atoms with Crippen molar-refractivity contribution in [1.29, 1.82) is 0 Å². The Hall–Kier alpha value is -1.00. The first-order valence-corrected chi connectivity index (χ1v) is 4.60. The monoisotopic (exact) mass is 195 g/mol. The second kappa shape index (κ2) is 2.80. The molecule has 0 unspecified atom stereocenters. The van der Waals surface area contributed by atoms with Gasteiger partial charge in [0.05, 0.1) is 10.2 Å². The molecule has 1 aromatic heterocycles. The van der Waals surface area contributed by atoms with Crippen LogP contribution in [0.1, 0.15) is 10.4 Å². The van der Waals surface area contributed by atoms with Gasteiger partial charge in [0.15, 0.2) is 3.95 Å². The molecule has 2 rings (SSSR count). The Kier molecular flexibility index (Phi) is 1.78. The third-order valence-electron chi connectivity index (χ3n) is 1.58. The Labute approximate surface area is 77.9 Å². The molecule has 4 heteroatoms. The minimum Gasteiger partial charge on any atom is -0.337 e. The molecule has 60 valence electrons. The zero-order valence-corrected chi connectivity index (χ0v) is 7.67. The summed E-state index contributed by atoms with van der Waals surface area (Å²) in [6.07, 6.45) is 0.836. The molecule has 0 amide bonds. The van der Waals surface area contributed by atoms with Crippen LogP contribution >= 0.6 is 23.6 Å². The summed E-state index contributed by atoms with van der Waals surface area (Å²) >= 11 is 6.45. The number of aromatic nitrogens is 1. The summed E-state index contributed by atoms with van der Waals surface area (Å²) in [5.41, 5.74) is 1.68. The van der Waals surface area contributed by atoms with Crippen molar-refractivity contribution in [2.75, 3.05) is 0 Å². The molecule has 0 spiro atoms. The van der Waals surface area contributed by atoms with E-state index in [4.69, 9.17) is 12.2 Å². The molecule has 1 aromatic carbocycles. The average Bonchev–Trinajstić information content (AvgIpc) is 2.43. The third-order valence-corrected chi connectivity index (χ3v) is 2.78. The number of H-pyrrole nitrogens is 1. The molecule has 2 aromatic rings. The molecule has 0 saturated carbocycles. The normalized spacial score (nSPS) is 10.3. The number of benzene rings is 1. The van der Waals surface area contributed by atoms with E-state index in [0.717, 1.165) is 20.5 Å². The Morgan fingerprint density at radius 2 is 2.33 bits per heavy atom. The summed E-state index contributed by atoms with van der Waals surface area (Å²) < 4.78 is 1.78. The fourth-order valence-corrected chi connectivity index (χ4v) is 2.20. The van der Waals surface area contributed by atoms with Gasteiger partial charge in [-0.2, -0.15) is 0 Å². The van der Waals surface area contributed by atoms with Gasteiger partial charge in [-0.3, -0.25) is 4.79 Å². The van der Waals surface area contributed by atoms with Crippen LogP contribution in [-0.4, -0.2) is 11.3 Å². The van der Waals surface area contributed by atoms with Gasteiger partial charge in [0.2, 0.25) is 0 Å². The van der Waals surface area contributed by atoms with Gasteiger partial charge < -0.3 is 4.98 Å². The highest BCUT2D eigenvalue weighted by Crippen LogP contribution is 2.19. The summed E-state index contributed by atoms with van der Waals surface area (Å²) in [7, 11) is 0. The Morgan fingerprint density at radius 3 is 3.08 bits per heavy atom. The largest absolute Gasteiger partial charge is 0.337 e. The van der Waals surface area contributed by atoms with E-state index in [1.54, 1.807) is 6.07 Å². The smallest absolute Gasteiger partial charge is 0.159 e. The fourth-order valence-electron chi connectivity index (χ4n) is 1.04. The van der Waals surface area contributed by atoms with Crippen LogP contribution in [0.5, 0.6) is 0 Å². The quantitative estimate of drug-likeness (QED) is 0.560. The maximum Gasteiger partial charge on any atom is 0.159 e. The van der Waals surface area contributed by atoms with Gasteiger partial charge in [-0.05, 0) is 30.4 Å². The number of nitrogens with one attached hydrogen (secondary N) is 1. The van der Waals surface area contributed by atoms with Crippen molar-refractivity contribution in [3.05, 3.63) is 27.7 Å². The third kappa shape index (κ3) is 1.19. The summed E-state index contributed by atoms with van der Waals surface area (Å²) in [4.78, 5) is 13.5. The maximum atomic E-state index is 10.4. The number of hydrogen-bond donors (Lipinski definition) is 1. The zero-order valence-electron chi connectivity index (χ0n) is 6.03. The number of aldehydes is 1. The molecular formula is C8H5NOS2. The average molecular weight is 195 g/mol.